The van der Waals surface area contributed by atoms with Crippen LogP contribution in [0.3, 0.4) is 0 Å². The summed E-state index contributed by atoms with van der Waals surface area (Å²) in [6, 6.07) is 4.73. The molecule has 0 saturated carbocycles. The number of carbonyl (C=O) groups is 1. The van der Waals surface area contributed by atoms with Gasteiger partial charge in [-0.1, -0.05) is 12.1 Å². The number of aromatic hydroxyl groups is 1. The van der Waals surface area contributed by atoms with Crippen molar-refractivity contribution >= 4 is 5.97 Å². The van der Waals surface area contributed by atoms with Crippen LogP contribution in [0.4, 0.5) is 8.78 Å². The number of halogens is 2. The molecule has 0 aromatic heterocycles. The second kappa shape index (κ2) is 4.44. The van der Waals surface area contributed by atoms with Gasteiger partial charge < -0.3 is 15.9 Å². The zero-order valence-corrected chi connectivity index (χ0v) is 8.23. The number of alkyl halides is 2. The summed E-state index contributed by atoms with van der Waals surface area (Å²) in [4.78, 5) is 11.0. The highest BCUT2D eigenvalue weighted by atomic mass is 19.3. The number of carboxylic acids is 1. The van der Waals surface area contributed by atoms with Crippen LogP contribution < -0.4 is 5.73 Å². The monoisotopic (exact) mass is 231 g/mol. The van der Waals surface area contributed by atoms with E-state index in [9.17, 15) is 13.6 Å². The number of rotatable bonds is 4. The summed E-state index contributed by atoms with van der Waals surface area (Å²) in [5.74, 6) is -1.99. The molecule has 1 unspecified atom stereocenters. The lowest BCUT2D eigenvalue weighted by molar-refractivity contribution is -0.149. The number of phenols is 1. The van der Waals surface area contributed by atoms with E-state index in [0.29, 0.717) is 0 Å². The molecule has 0 heterocycles. The van der Waals surface area contributed by atoms with Gasteiger partial charge in [0, 0.05) is 6.54 Å². The molecule has 4 nitrogen and oxygen atoms in total. The van der Waals surface area contributed by atoms with E-state index < -0.39 is 24.4 Å². The molecular weight excluding hydrogens is 220 g/mol. The largest absolute Gasteiger partial charge is 0.508 e. The van der Waals surface area contributed by atoms with Crippen molar-refractivity contribution in [2.45, 2.75) is 11.8 Å². The quantitative estimate of drug-likeness (QED) is 0.720. The number of carboxylic acid groups (broad SMARTS) is 1. The van der Waals surface area contributed by atoms with Crippen LogP contribution in [0.25, 0.3) is 0 Å². The Morgan fingerprint density at radius 1 is 1.50 bits per heavy atom. The number of nitrogens with two attached hydrogens (primary N) is 1. The van der Waals surface area contributed by atoms with E-state index in [4.69, 9.17) is 15.9 Å². The first kappa shape index (κ1) is 12.4. The van der Waals surface area contributed by atoms with Gasteiger partial charge in [0.15, 0.2) is 5.41 Å². The molecule has 0 saturated heterocycles. The lowest BCUT2D eigenvalue weighted by Gasteiger charge is -2.27. The van der Waals surface area contributed by atoms with Crippen LogP contribution in [-0.2, 0) is 10.2 Å². The van der Waals surface area contributed by atoms with E-state index in [0.717, 1.165) is 6.07 Å². The molecule has 1 aromatic rings. The lowest BCUT2D eigenvalue weighted by atomic mass is 9.81. The molecule has 0 aliphatic heterocycles. The summed E-state index contributed by atoms with van der Waals surface area (Å²) in [5, 5.41) is 18.1. The Labute approximate surface area is 90.3 Å². The first-order valence-corrected chi connectivity index (χ1v) is 4.46. The number of phenolic OH excluding ortho intramolecular Hbond substituents is 1. The minimum absolute atomic E-state index is 0.211. The van der Waals surface area contributed by atoms with Gasteiger partial charge in [0.05, 0.1) is 0 Å². The molecule has 0 aliphatic carbocycles. The number of hydrogen-bond donors (Lipinski definition) is 3. The molecule has 1 aromatic carbocycles. The first-order valence-electron chi connectivity index (χ1n) is 4.46. The van der Waals surface area contributed by atoms with Crippen molar-refractivity contribution in [2.24, 2.45) is 5.73 Å². The maximum Gasteiger partial charge on any atom is 0.321 e. The van der Waals surface area contributed by atoms with Crippen LogP contribution >= 0.6 is 0 Å². The Balaban J connectivity index is 3.36. The summed E-state index contributed by atoms with van der Waals surface area (Å²) in [6.45, 7) is -0.747. The van der Waals surface area contributed by atoms with Crippen LogP contribution in [0.5, 0.6) is 5.75 Å². The molecule has 0 spiro atoms. The third-order valence-electron chi connectivity index (χ3n) is 2.44. The normalized spacial score (nSPS) is 14.8. The van der Waals surface area contributed by atoms with Crippen molar-refractivity contribution in [3.8, 4) is 5.75 Å². The van der Waals surface area contributed by atoms with Gasteiger partial charge in [-0.3, -0.25) is 4.79 Å². The smallest absolute Gasteiger partial charge is 0.321 e. The molecule has 16 heavy (non-hydrogen) atoms. The van der Waals surface area contributed by atoms with Gasteiger partial charge in [-0.25, -0.2) is 8.78 Å². The van der Waals surface area contributed by atoms with E-state index in [1.807, 2.05) is 0 Å². The highest BCUT2D eigenvalue weighted by molar-refractivity contribution is 5.82. The zero-order chi connectivity index (χ0) is 12.3. The molecule has 0 radical (unpaired) electrons. The van der Waals surface area contributed by atoms with Crippen LogP contribution in [0.1, 0.15) is 5.56 Å². The fourth-order valence-electron chi connectivity index (χ4n) is 1.42. The summed E-state index contributed by atoms with van der Waals surface area (Å²) < 4.78 is 25.8. The van der Waals surface area contributed by atoms with Crippen molar-refractivity contribution in [2.75, 3.05) is 6.54 Å². The SMILES string of the molecule is NCC(C(=O)O)(c1cccc(O)c1)C(F)F. The molecule has 0 amide bonds. The third kappa shape index (κ3) is 1.83. The lowest BCUT2D eigenvalue weighted by Crippen LogP contribution is -2.49. The average molecular weight is 231 g/mol. The molecule has 0 bridgehead atoms. The van der Waals surface area contributed by atoms with Gasteiger partial charge in [-0.05, 0) is 17.7 Å². The van der Waals surface area contributed by atoms with Gasteiger partial charge in [0.2, 0.25) is 0 Å². The molecular formula is C10H11F2NO3. The number of hydrogen-bond acceptors (Lipinski definition) is 3. The second-order valence-electron chi connectivity index (χ2n) is 3.33. The van der Waals surface area contributed by atoms with Crippen LogP contribution in [0.15, 0.2) is 24.3 Å². The maximum absolute atomic E-state index is 12.9. The topological polar surface area (TPSA) is 83.6 Å². The van der Waals surface area contributed by atoms with Gasteiger partial charge in [0.1, 0.15) is 5.75 Å². The highest BCUT2D eigenvalue weighted by Gasteiger charge is 2.48. The number of aliphatic carboxylic acids is 1. The minimum atomic E-state index is -3.16. The molecule has 1 rings (SSSR count). The summed E-state index contributed by atoms with van der Waals surface area (Å²) in [7, 11) is 0. The Hall–Kier alpha value is -1.69. The average Bonchev–Trinajstić information content (AvgIpc) is 2.18. The van der Waals surface area contributed by atoms with Crippen molar-refractivity contribution < 1.29 is 23.8 Å². The van der Waals surface area contributed by atoms with E-state index in [2.05, 4.69) is 0 Å². The van der Waals surface area contributed by atoms with E-state index >= 15 is 0 Å². The highest BCUT2D eigenvalue weighted by Crippen LogP contribution is 2.32. The zero-order valence-electron chi connectivity index (χ0n) is 8.23. The Morgan fingerprint density at radius 3 is 2.50 bits per heavy atom. The fraction of sp³-hybridized carbons (Fsp3) is 0.300. The van der Waals surface area contributed by atoms with E-state index in [1.54, 1.807) is 0 Å². The van der Waals surface area contributed by atoms with Gasteiger partial charge in [-0.15, -0.1) is 0 Å². The Bertz CT molecular complexity index is 397. The van der Waals surface area contributed by atoms with Crippen LogP contribution in [0, 0.1) is 0 Å². The summed E-state index contributed by atoms with van der Waals surface area (Å²) >= 11 is 0. The predicted octanol–water partition coefficient (Wildman–Crippen LogP) is 0.938. The maximum atomic E-state index is 12.9. The molecule has 6 heteroatoms. The third-order valence-corrected chi connectivity index (χ3v) is 2.44. The van der Waals surface area contributed by atoms with E-state index in [-0.39, 0.29) is 11.3 Å². The summed E-state index contributed by atoms with van der Waals surface area (Å²) in [6.07, 6.45) is -3.16. The van der Waals surface area contributed by atoms with Gasteiger partial charge in [-0.2, -0.15) is 0 Å². The van der Waals surface area contributed by atoms with E-state index in [1.165, 1.54) is 18.2 Å². The Kier molecular flexibility index (Phi) is 3.44. The molecule has 1 atom stereocenters. The predicted molar refractivity (Wildman–Crippen MR) is 52.5 cm³/mol. The first-order chi connectivity index (χ1) is 7.45. The summed E-state index contributed by atoms with van der Waals surface area (Å²) in [5.41, 5.74) is 2.47. The van der Waals surface area contributed by atoms with Crippen molar-refractivity contribution in [3.05, 3.63) is 29.8 Å². The molecule has 4 N–H and O–H groups in total. The van der Waals surface area contributed by atoms with Crippen molar-refractivity contribution in [1.29, 1.82) is 0 Å². The number of benzene rings is 1. The minimum Gasteiger partial charge on any atom is -0.508 e. The van der Waals surface area contributed by atoms with Crippen molar-refractivity contribution in [3.63, 3.8) is 0 Å². The van der Waals surface area contributed by atoms with Crippen LogP contribution in [0.2, 0.25) is 0 Å². The standard InChI is InChI=1S/C10H11F2NO3/c11-8(12)10(5-13,9(15)16)6-2-1-3-7(14)4-6/h1-4,8,14H,5,13H2,(H,15,16). The Morgan fingerprint density at radius 2 is 2.12 bits per heavy atom. The molecule has 0 aliphatic rings. The molecule has 0 fully saturated rings. The van der Waals surface area contributed by atoms with Crippen LogP contribution in [-0.4, -0.2) is 29.2 Å². The second-order valence-corrected chi connectivity index (χ2v) is 3.33. The van der Waals surface area contributed by atoms with Gasteiger partial charge in [0.25, 0.3) is 6.43 Å². The van der Waals surface area contributed by atoms with Gasteiger partial charge >= 0.3 is 5.97 Å². The fourth-order valence-corrected chi connectivity index (χ4v) is 1.42. The molecule has 88 valence electrons. The van der Waals surface area contributed by atoms with Crippen molar-refractivity contribution in [1.82, 2.24) is 0 Å².